The Bertz CT molecular complexity index is 295. The molecule has 2 N–H and O–H groups in total. The maximum Gasteiger partial charge on any atom is 0.152 e. The van der Waals surface area contributed by atoms with Gasteiger partial charge in [0, 0.05) is 24.2 Å². The molecule has 0 aliphatic rings. The second kappa shape index (κ2) is 4.86. The molecule has 0 spiro atoms. The zero-order valence-corrected chi connectivity index (χ0v) is 8.60. The van der Waals surface area contributed by atoms with Gasteiger partial charge in [0.25, 0.3) is 0 Å². The van der Waals surface area contributed by atoms with E-state index >= 15 is 0 Å². The van der Waals surface area contributed by atoms with Crippen LogP contribution >= 0.6 is 0 Å². The standard InChI is InChI=1S/C11H16N2O/c1-8(2)11(14)10(12)7-9-5-3-4-6-13-9/h3-6,8,10H,7,12H2,1-2H3/t10-/m0/s1. The Morgan fingerprint density at radius 3 is 2.71 bits per heavy atom. The van der Waals surface area contributed by atoms with Crippen molar-refractivity contribution in [1.29, 1.82) is 0 Å². The molecule has 1 heterocycles. The first-order valence-corrected chi connectivity index (χ1v) is 4.80. The molecule has 0 bridgehead atoms. The quantitative estimate of drug-likeness (QED) is 0.779. The molecule has 0 saturated carbocycles. The van der Waals surface area contributed by atoms with Crippen LogP contribution in [0.2, 0.25) is 0 Å². The van der Waals surface area contributed by atoms with E-state index in [1.165, 1.54) is 0 Å². The molecule has 0 amide bonds. The third kappa shape index (κ3) is 2.92. The highest BCUT2D eigenvalue weighted by Crippen LogP contribution is 2.03. The topological polar surface area (TPSA) is 56.0 Å². The molecule has 0 saturated heterocycles. The van der Waals surface area contributed by atoms with E-state index in [1.807, 2.05) is 32.0 Å². The van der Waals surface area contributed by atoms with Crippen LogP contribution in [0.5, 0.6) is 0 Å². The first kappa shape index (κ1) is 10.9. The Balaban J connectivity index is 2.57. The molecule has 76 valence electrons. The summed E-state index contributed by atoms with van der Waals surface area (Å²) in [6.07, 6.45) is 2.24. The molecule has 0 aliphatic heterocycles. The number of ketones is 1. The van der Waals surface area contributed by atoms with Gasteiger partial charge in [-0.05, 0) is 12.1 Å². The number of pyridine rings is 1. The van der Waals surface area contributed by atoms with Gasteiger partial charge in [-0.2, -0.15) is 0 Å². The molecule has 1 aromatic heterocycles. The maximum absolute atomic E-state index is 11.5. The SMILES string of the molecule is CC(C)C(=O)[C@@H](N)Cc1ccccn1. The van der Waals surface area contributed by atoms with Crippen LogP contribution < -0.4 is 5.73 Å². The first-order chi connectivity index (χ1) is 6.61. The van der Waals surface area contributed by atoms with Crippen LogP contribution in [0, 0.1) is 5.92 Å². The maximum atomic E-state index is 11.5. The van der Waals surface area contributed by atoms with Gasteiger partial charge in [0.2, 0.25) is 0 Å². The molecule has 0 aliphatic carbocycles. The van der Waals surface area contributed by atoms with Crippen molar-refractivity contribution < 1.29 is 4.79 Å². The summed E-state index contributed by atoms with van der Waals surface area (Å²) in [5, 5.41) is 0. The zero-order valence-electron chi connectivity index (χ0n) is 8.60. The second-order valence-electron chi connectivity index (χ2n) is 3.69. The number of hydrogen-bond donors (Lipinski definition) is 1. The van der Waals surface area contributed by atoms with Crippen LogP contribution in [-0.2, 0) is 11.2 Å². The lowest BCUT2D eigenvalue weighted by molar-refractivity contribution is -0.123. The molecule has 3 heteroatoms. The number of nitrogens with zero attached hydrogens (tertiary/aromatic N) is 1. The van der Waals surface area contributed by atoms with Gasteiger partial charge in [0.1, 0.15) is 0 Å². The number of rotatable bonds is 4. The Hall–Kier alpha value is -1.22. The number of nitrogens with two attached hydrogens (primary N) is 1. The molecule has 1 atom stereocenters. The minimum absolute atomic E-state index is 0.00582. The summed E-state index contributed by atoms with van der Waals surface area (Å²) in [6, 6.07) is 5.20. The monoisotopic (exact) mass is 192 g/mol. The summed E-state index contributed by atoms with van der Waals surface area (Å²) < 4.78 is 0. The minimum atomic E-state index is -0.426. The highest BCUT2D eigenvalue weighted by Gasteiger charge is 2.17. The fourth-order valence-electron chi connectivity index (χ4n) is 1.27. The van der Waals surface area contributed by atoms with Crippen LogP contribution in [0.25, 0.3) is 0 Å². The van der Waals surface area contributed by atoms with Crippen LogP contribution in [0.1, 0.15) is 19.5 Å². The number of aromatic nitrogens is 1. The van der Waals surface area contributed by atoms with E-state index in [4.69, 9.17) is 5.73 Å². The van der Waals surface area contributed by atoms with E-state index < -0.39 is 6.04 Å². The van der Waals surface area contributed by atoms with Crippen molar-refractivity contribution in [1.82, 2.24) is 4.98 Å². The molecule has 0 unspecified atom stereocenters. The smallest absolute Gasteiger partial charge is 0.152 e. The van der Waals surface area contributed by atoms with Crippen molar-refractivity contribution >= 4 is 5.78 Å². The molecule has 0 aromatic carbocycles. The summed E-state index contributed by atoms with van der Waals surface area (Å²) in [7, 11) is 0. The molecule has 0 radical (unpaired) electrons. The highest BCUT2D eigenvalue weighted by atomic mass is 16.1. The van der Waals surface area contributed by atoms with Crippen molar-refractivity contribution in [2.75, 3.05) is 0 Å². The predicted molar refractivity (Wildman–Crippen MR) is 55.8 cm³/mol. The Morgan fingerprint density at radius 2 is 2.21 bits per heavy atom. The van der Waals surface area contributed by atoms with E-state index in [9.17, 15) is 4.79 Å². The normalized spacial score (nSPS) is 12.9. The van der Waals surface area contributed by atoms with Crippen LogP contribution in [0.3, 0.4) is 0 Å². The van der Waals surface area contributed by atoms with Gasteiger partial charge in [-0.1, -0.05) is 19.9 Å². The van der Waals surface area contributed by atoms with Gasteiger partial charge in [-0.3, -0.25) is 9.78 Å². The van der Waals surface area contributed by atoms with E-state index in [1.54, 1.807) is 6.20 Å². The molecule has 0 fully saturated rings. The molecule has 3 nitrogen and oxygen atoms in total. The van der Waals surface area contributed by atoms with Crippen LogP contribution in [0.15, 0.2) is 24.4 Å². The first-order valence-electron chi connectivity index (χ1n) is 4.80. The van der Waals surface area contributed by atoms with Crippen molar-refractivity contribution in [2.45, 2.75) is 26.3 Å². The summed E-state index contributed by atoms with van der Waals surface area (Å²) >= 11 is 0. The molecular weight excluding hydrogens is 176 g/mol. The molecule has 1 aromatic rings. The van der Waals surface area contributed by atoms with E-state index in [0.29, 0.717) is 6.42 Å². The fraction of sp³-hybridized carbons (Fsp3) is 0.455. The van der Waals surface area contributed by atoms with Gasteiger partial charge >= 0.3 is 0 Å². The average molecular weight is 192 g/mol. The molecule has 14 heavy (non-hydrogen) atoms. The Labute approximate surface area is 84.3 Å². The number of carbonyl (C=O) groups excluding carboxylic acids is 1. The van der Waals surface area contributed by atoms with Gasteiger partial charge in [-0.15, -0.1) is 0 Å². The lowest BCUT2D eigenvalue weighted by Crippen LogP contribution is -2.35. The van der Waals surface area contributed by atoms with E-state index in [2.05, 4.69) is 4.98 Å². The summed E-state index contributed by atoms with van der Waals surface area (Å²) in [5.74, 6) is 0.0874. The molecular formula is C11H16N2O. The predicted octanol–water partition coefficient (Wildman–Crippen LogP) is 1.18. The van der Waals surface area contributed by atoms with Crippen molar-refractivity contribution in [2.24, 2.45) is 11.7 Å². The van der Waals surface area contributed by atoms with Gasteiger partial charge in [0.05, 0.1) is 6.04 Å². The summed E-state index contributed by atoms with van der Waals surface area (Å²) in [5.41, 5.74) is 6.63. The van der Waals surface area contributed by atoms with Crippen molar-refractivity contribution in [3.05, 3.63) is 30.1 Å². The lowest BCUT2D eigenvalue weighted by Gasteiger charge is -2.12. The highest BCUT2D eigenvalue weighted by molar-refractivity contribution is 5.85. The Kier molecular flexibility index (Phi) is 3.77. The fourth-order valence-corrected chi connectivity index (χ4v) is 1.27. The third-order valence-corrected chi connectivity index (χ3v) is 2.09. The van der Waals surface area contributed by atoms with Gasteiger partial charge < -0.3 is 5.73 Å². The van der Waals surface area contributed by atoms with Crippen molar-refractivity contribution in [3.63, 3.8) is 0 Å². The second-order valence-corrected chi connectivity index (χ2v) is 3.69. The average Bonchev–Trinajstić information content (AvgIpc) is 2.18. The van der Waals surface area contributed by atoms with Crippen LogP contribution in [-0.4, -0.2) is 16.8 Å². The van der Waals surface area contributed by atoms with Gasteiger partial charge in [0.15, 0.2) is 5.78 Å². The lowest BCUT2D eigenvalue weighted by atomic mass is 9.99. The van der Waals surface area contributed by atoms with E-state index in [0.717, 1.165) is 5.69 Å². The van der Waals surface area contributed by atoms with Crippen molar-refractivity contribution in [3.8, 4) is 0 Å². The number of hydrogen-bond acceptors (Lipinski definition) is 3. The number of Topliss-reactive ketones (excluding diaryl/α,β-unsaturated/α-hetero) is 1. The third-order valence-electron chi connectivity index (χ3n) is 2.09. The van der Waals surface area contributed by atoms with E-state index in [-0.39, 0.29) is 11.7 Å². The van der Waals surface area contributed by atoms with Crippen LogP contribution in [0.4, 0.5) is 0 Å². The largest absolute Gasteiger partial charge is 0.321 e. The minimum Gasteiger partial charge on any atom is -0.321 e. The summed E-state index contributed by atoms with van der Waals surface area (Å²) in [4.78, 5) is 15.6. The summed E-state index contributed by atoms with van der Waals surface area (Å²) in [6.45, 7) is 3.72. The van der Waals surface area contributed by atoms with Gasteiger partial charge in [-0.25, -0.2) is 0 Å². The Morgan fingerprint density at radius 1 is 1.50 bits per heavy atom. The number of carbonyl (C=O) groups is 1. The molecule has 1 rings (SSSR count). The zero-order chi connectivity index (χ0) is 10.6.